The van der Waals surface area contributed by atoms with Gasteiger partial charge in [-0.15, -0.1) is 0 Å². The third kappa shape index (κ3) is 3.39. The number of rotatable bonds is 3. The van der Waals surface area contributed by atoms with Crippen LogP contribution in [0.2, 0.25) is 0 Å². The summed E-state index contributed by atoms with van der Waals surface area (Å²) in [4.78, 5) is 3.92. The molecule has 6 nitrogen and oxygen atoms in total. The lowest BCUT2D eigenvalue weighted by Gasteiger charge is -2.32. The molecule has 1 atom stereocenters. The number of nitrogens with zero attached hydrogens (tertiary/aromatic N) is 2. The minimum Gasteiger partial charge on any atom is -0.319 e. The van der Waals surface area contributed by atoms with E-state index < -0.39 is 15.3 Å². The second kappa shape index (κ2) is 4.99. The molecule has 3 N–H and O–H groups in total. The number of hydrogen-bond donors (Lipinski definition) is 2. The number of pyridine rings is 1. The molecule has 1 aliphatic rings. The van der Waals surface area contributed by atoms with Gasteiger partial charge in [0.1, 0.15) is 0 Å². The summed E-state index contributed by atoms with van der Waals surface area (Å²) in [6.45, 7) is 1.23. The van der Waals surface area contributed by atoms with Gasteiger partial charge in [0, 0.05) is 25.5 Å². The van der Waals surface area contributed by atoms with E-state index in [1.165, 1.54) is 0 Å². The largest absolute Gasteiger partial charge is 0.319 e. The summed E-state index contributed by atoms with van der Waals surface area (Å²) in [7, 11) is -3.45. The van der Waals surface area contributed by atoms with E-state index in [2.05, 4.69) is 10.4 Å². The van der Waals surface area contributed by atoms with Crippen LogP contribution in [-0.4, -0.2) is 36.8 Å². The molecule has 2 rings (SSSR count). The number of hydrogen-bond acceptors (Lipinski definition) is 5. The first kappa shape index (κ1) is 12.3. The zero-order chi connectivity index (χ0) is 12.3. The van der Waals surface area contributed by atoms with Crippen molar-refractivity contribution >= 4 is 15.7 Å². The average Bonchev–Trinajstić information content (AvgIpc) is 2.29. The number of nitrogens with two attached hydrogens (primary N) is 1. The second-order valence-corrected chi connectivity index (χ2v) is 5.99. The first-order chi connectivity index (χ1) is 8.05. The van der Waals surface area contributed by atoms with Gasteiger partial charge >= 0.3 is 0 Å². The molecule has 1 aromatic heterocycles. The predicted molar refractivity (Wildman–Crippen MR) is 65.6 cm³/mol. The molecule has 1 aromatic rings. The lowest BCUT2D eigenvalue weighted by atomic mass is 10.1. The maximum Gasteiger partial charge on any atom is 0.213 e. The molecule has 0 amide bonds. The van der Waals surface area contributed by atoms with E-state index in [4.69, 9.17) is 5.14 Å². The van der Waals surface area contributed by atoms with Crippen molar-refractivity contribution in [3.63, 3.8) is 0 Å². The third-order valence-electron chi connectivity index (χ3n) is 2.81. The van der Waals surface area contributed by atoms with Gasteiger partial charge in [0.25, 0.3) is 0 Å². The summed E-state index contributed by atoms with van der Waals surface area (Å²) in [5.41, 5.74) is 4.05. The fraction of sp³-hybridized carbons (Fsp3) is 0.500. The smallest absolute Gasteiger partial charge is 0.213 e. The van der Waals surface area contributed by atoms with Crippen LogP contribution >= 0.6 is 0 Å². The molecule has 1 aliphatic heterocycles. The quantitative estimate of drug-likeness (QED) is 0.804. The highest BCUT2D eigenvalue weighted by atomic mass is 32.2. The molecule has 94 valence electrons. The summed E-state index contributed by atoms with van der Waals surface area (Å²) in [6, 6.07) is 3.67. The van der Waals surface area contributed by atoms with Crippen molar-refractivity contribution in [2.45, 2.75) is 18.1 Å². The van der Waals surface area contributed by atoms with Crippen molar-refractivity contribution in [3.8, 4) is 0 Å². The van der Waals surface area contributed by atoms with E-state index in [1.807, 2.05) is 17.1 Å². The van der Waals surface area contributed by atoms with Crippen LogP contribution in [0.5, 0.6) is 0 Å². The zero-order valence-electron chi connectivity index (χ0n) is 9.41. The Balaban J connectivity index is 1.99. The molecule has 0 saturated carbocycles. The van der Waals surface area contributed by atoms with Gasteiger partial charge in [-0.2, -0.15) is 0 Å². The molecule has 1 fully saturated rings. The van der Waals surface area contributed by atoms with Crippen molar-refractivity contribution in [2.24, 2.45) is 5.14 Å². The van der Waals surface area contributed by atoms with Crippen LogP contribution in [0.4, 0.5) is 5.69 Å². The Morgan fingerprint density at radius 2 is 2.12 bits per heavy atom. The summed E-state index contributed by atoms with van der Waals surface area (Å²) >= 11 is 0. The van der Waals surface area contributed by atoms with Crippen LogP contribution < -0.4 is 10.6 Å². The Bertz CT molecular complexity index is 462. The summed E-state index contributed by atoms with van der Waals surface area (Å²) < 4.78 is 22.6. The number of primary sulfonamides is 1. The van der Waals surface area contributed by atoms with E-state index in [9.17, 15) is 8.42 Å². The van der Waals surface area contributed by atoms with E-state index in [0.29, 0.717) is 13.0 Å². The fourth-order valence-electron chi connectivity index (χ4n) is 1.92. The highest BCUT2D eigenvalue weighted by Crippen LogP contribution is 2.16. The average molecular weight is 256 g/mol. The molecule has 1 saturated heterocycles. The number of aromatic nitrogens is 1. The Labute approximate surface area is 101 Å². The van der Waals surface area contributed by atoms with Crippen molar-refractivity contribution in [1.29, 1.82) is 0 Å². The third-order valence-corrected chi connectivity index (χ3v) is 4.12. The Morgan fingerprint density at radius 3 is 2.76 bits per heavy atom. The molecule has 7 heteroatoms. The van der Waals surface area contributed by atoms with Crippen LogP contribution in [0, 0.1) is 0 Å². The van der Waals surface area contributed by atoms with E-state index in [-0.39, 0.29) is 0 Å². The van der Waals surface area contributed by atoms with Crippen molar-refractivity contribution in [2.75, 3.05) is 18.5 Å². The molecule has 17 heavy (non-hydrogen) atoms. The topological polar surface area (TPSA) is 88.3 Å². The summed E-state index contributed by atoms with van der Waals surface area (Å²) in [5, 5.41) is 6.58. The molecule has 0 radical (unpaired) electrons. The monoisotopic (exact) mass is 256 g/mol. The highest BCUT2D eigenvalue weighted by molar-refractivity contribution is 7.89. The number of piperidine rings is 1. The zero-order valence-corrected chi connectivity index (χ0v) is 10.2. The van der Waals surface area contributed by atoms with Crippen molar-refractivity contribution in [1.82, 2.24) is 9.99 Å². The summed E-state index contributed by atoms with van der Waals surface area (Å²) in [5.74, 6) is 0. The highest BCUT2D eigenvalue weighted by Gasteiger charge is 2.27. The fourth-order valence-corrected chi connectivity index (χ4v) is 2.80. The van der Waals surface area contributed by atoms with Gasteiger partial charge in [0.2, 0.25) is 10.0 Å². The molecule has 0 spiro atoms. The lowest BCUT2D eigenvalue weighted by molar-refractivity contribution is 0.274. The SMILES string of the molecule is NS(=O)(=O)C1CCCN(Nc2ccncc2)C1. The molecular formula is C10H16N4O2S. The molecule has 0 aromatic carbocycles. The first-order valence-electron chi connectivity index (χ1n) is 5.49. The lowest BCUT2D eigenvalue weighted by Crippen LogP contribution is -2.46. The van der Waals surface area contributed by atoms with Gasteiger partial charge in [-0.05, 0) is 25.0 Å². The number of anilines is 1. The maximum atomic E-state index is 11.3. The standard InChI is InChI=1S/C10H16N4O2S/c11-17(15,16)10-2-1-7-14(8-10)13-9-3-5-12-6-4-9/h3-6,10H,1-2,7-8H2,(H,12,13)(H2,11,15,16). The summed E-state index contributed by atoms with van der Waals surface area (Å²) in [6.07, 6.45) is 4.82. The van der Waals surface area contributed by atoms with Gasteiger partial charge in [0.05, 0.1) is 10.9 Å². The molecule has 2 heterocycles. The van der Waals surface area contributed by atoms with Gasteiger partial charge in [-0.3, -0.25) is 4.98 Å². The molecule has 0 aliphatic carbocycles. The van der Waals surface area contributed by atoms with Crippen molar-refractivity contribution < 1.29 is 8.42 Å². The Morgan fingerprint density at radius 1 is 1.41 bits per heavy atom. The van der Waals surface area contributed by atoms with Crippen LogP contribution in [0.25, 0.3) is 0 Å². The van der Waals surface area contributed by atoms with Crippen LogP contribution in [-0.2, 0) is 10.0 Å². The molecule has 0 bridgehead atoms. The number of hydrazine groups is 1. The van der Waals surface area contributed by atoms with Crippen LogP contribution in [0.3, 0.4) is 0 Å². The second-order valence-electron chi connectivity index (χ2n) is 4.15. The first-order valence-corrected chi connectivity index (χ1v) is 7.10. The van der Waals surface area contributed by atoms with Gasteiger partial charge < -0.3 is 5.43 Å². The van der Waals surface area contributed by atoms with Crippen LogP contribution in [0.1, 0.15) is 12.8 Å². The van der Waals surface area contributed by atoms with Crippen LogP contribution in [0.15, 0.2) is 24.5 Å². The van der Waals surface area contributed by atoms with E-state index >= 15 is 0 Å². The Kier molecular flexibility index (Phi) is 3.60. The number of nitrogens with one attached hydrogen (secondary N) is 1. The van der Waals surface area contributed by atoms with E-state index in [0.717, 1.165) is 18.7 Å². The van der Waals surface area contributed by atoms with Gasteiger partial charge in [-0.25, -0.2) is 18.6 Å². The minimum atomic E-state index is -3.45. The Hall–Kier alpha value is -1.18. The molecule has 1 unspecified atom stereocenters. The van der Waals surface area contributed by atoms with E-state index in [1.54, 1.807) is 12.4 Å². The number of sulfonamides is 1. The van der Waals surface area contributed by atoms with Gasteiger partial charge in [0.15, 0.2) is 0 Å². The predicted octanol–water partition coefficient (Wildman–Crippen LogP) is 0.161. The minimum absolute atomic E-state index is 0.418. The maximum absolute atomic E-state index is 11.3. The van der Waals surface area contributed by atoms with Crippen molar-refractivity contribution in [3.05, 3.63) is 24.5 Å². The normalized spacial score (nSPS) is 22.3. The molecular weight excluding hydrogens is 240 g/mol. The van der Waals surface area contributed by atoms with Gasteiger partial charge in [-0.1, -0.05) is 0 Å².